The van der Waals surface area contributed by atoms with E-state index in [9.17, 15) is 0 Å². The Morgan fingerprint density at radius 3 is 2.73 bits per heavy atom. The van der Waals surface area contributed by atoms with Crippen molar-refractivity contribution in [1.29, 1.82) is 0 Å². The largest absolute Gasteiger partial charge is 0.364 e. The van der Waals surface area contributed by atoms with Crippen LogP contribution in [-0.2, 0) is 6.54 Å². The van der Waals surface area contributed by atoms with Gasteiger partial charge in [0.25, 0.3) is 5.78 Å². The average molecular weight is 342 g/mol. The van der Waals surface area contributed by atoms with E-state index in [-0.39, 0.29) is 0 Å². The summed E-state index contributed by atoms with van der Waals surface area (Å²) in [6.45, 7) is 0.563. The van der Waals surface area contributed by atoms with Crippen LogP contribution in [0.1, 0.15) is 5.69 Å². The minimum absolute atomic E-state index is 0.549. The van der Waals surface area contributed by atoms with Gasteiger partial charge in [-0.25, -0.2) is 14.5 Å². The maximum Gasteiger partial charge on any atom is 0.254 e. The summed E-state index contributed by atoms with van der Waals surface area (Å²) in [6, 6.07) is 15.8. The lowest BCUT2D eigenvalue weighted by Gasteiger charge is -2.11. The van der Waals surface area contributed by atoms with Crippen LogP contribution in [0.15, 0.2) is 67.3 Å². The van der Waals surface area contributed by atoms with Crippen molar-refractivity contribution < 1.29 is 0 Å². The van der Waals surface area contributed by atoms with Crippen LogP contribution in [0.3, 0.4) is 0 Å². The van der Waals surface area contributed by atoms with Crippen LogP contribution in [-0.4, -0.2) is 34.2 Å². The third kappa shape index (κ3) is 2.44. The van der Waals surface area contributed by atoms with E-state index in [1.54, 1.807) is 16.9 Å². The van der Waals surface area contributed by atoms with E-state index in [2.05, 4.69) is 30.5 Å². The molecule has 26 heavy (non-hydrogen) atoms. The molecule has 1 N–H and O–H groups in total. The second-order valence-corrected chi connectivity index (χ2v) is 5.76. The number of hydrogen-bond donors (Lipinski definition) is 1. The maximum absolute atomic E-state index is 4.58. The van der Waals surface area contributed by atoms with E-state index in [0.717, 1.165) is 28.4 Å². The first-order valence-electron chi connectivity index (χ1n) is 8.16. The number of fused-ring (bicyclic) bond motifs is 2. The van der Waals surface area contributed by atoms with Crippen LogP contribution in [0.2, 0.25) is 0 Å². The third-order valence-electron chi connectivity index (χ3n) is 4.14. The van der Waals surface area contributed by atoms with Crippen LogP contribution in [0.25, 0.3) is 22.7 Å². The Balaban J connectivity index is 1.54. The van der Waals surface area contributed by atoms with Gasteiger partial charge in [-0.05, 0) is 6.07 Å². The molecule has 0 amide bonds. The van der Waals surface area contributed by atoms with E-state index in [4.69, 9.17) is 0 Å². The van der Waals surface area contributed by atoms with Crippen molar-refractivity contribution in [3.05, 3.63) is 72.9 Å². The zero-order valence-corrected chi connectivity index (χ0v) is 13.7. The lowest BCUT2D eigenvalue weighted by Crippen LogP contribution is -2.10. The molecule has 0 radical (unpaired) electrons. The Hall–Kier alpha value is -3.81. The Labute approximate surface area is 148 Å². The molecular formula is C18H14N8. The highest BCUT2D eigenvalue weighted by Crippen LogP contribution is 2.21. The van der Waals surface area contributed by atoms with Crippen molar-refractivity contribution >= 4 is 17.2 Å². The number of nitrogens with zero attached hydrogens (tertiary/aromatic N) is 7. The summed E-state index contributed by atoms with van der Waals surface area (Å²) in [5.74, 6) is 1.36. The van der Waals surface area contributed by atoms with Gasteiger partial charge >= 0.3 is 0 Å². The highest BCUT2D eigenvalue weighted by molar-refractivity contribution is 5.65. The van der Waals surface area contributed by atoms with E-state index in [1.165, 1.54) is 6.33 Å². The van der Waals surface area contributed by atoms with E-state index >= 15 is 0 Å². The summed E-state index contributed by atoms with van der Waals surface area (Å²) in [6.07, 6.45) is 5.02. The smallest absolute Gasteiger partial charge is 0.254 e. The molecule has 0 aliphatic carbocycles. The summed E-state index contributed by atoms with van der Waals surface area (Å²) >= 11 is 0. The highest BCUT2D eigenvalue weighted by Gasteiger charge is 2.10. The van der Waals surface area contributed by atoms with Crippen molar-refractivity contribution in [2.75, 3.05) is 5.32 Å². The van der Waals surface area contributed by atoms with E-state index < -0.39 is 0 Å². The quantitative estimate of drug-likeness (QED) is 0.540. The fourth-order valence-corrected chi connectivity index (χ4v) is 2.90. The number of hydrogen-bond acceptors (Lipinski definition) is 6. The summed E-state index contributed by atoms with van der Waals surface area (Å²) in [5, 5.41) is 12.0. The average Bonchev–Trinajstić information content (AvgIpc) is 3.36. The minimum Gasteiger partial charge on any atom is -0.364 e. The molecular weight excluding hydrogens is 328 g/mol. The molecule has 8 nitrogen and oxygen atoms in total. The van der Waals surface area contributed by atoms with Gasteiger partial charge in [0.15, 0.2) is 5.65 Å². The molecule has 0 unspecified atom stereocenters. The number of anilines is 1. The summed E-state index contributed by atoms with van der Waals surface area (Å²) in [5.41, 5.74) is 3.67. The molecule has 0 bridgehead atoms. The highest BCUT2D eigenvalue weighted by atomic mass is 15.4. The molecule has 5 aromatic rings. The summed E-state index contributed by atoms with van der Waals surface area (Å²) in [7, 11) is 0. The second-order valence-electron chi connectivity index (χ2n) is 5.76. The Morgan fingerprint density at radius 1 is 0.885 bits per heavy atom. The molecule has 4 heterocycles. The first-order valence-corrected chi connectivity index (χ1v) is 8.16. The van der Waals surface area contributed by atoms with Crippen LogP contribution in [0, 0.1) is 0 Å². The lowest BCUT2D eigenvalue weighted by atomic mass is 10.1. The monoisotopic (exact) mass is 342 g/mol. The van der Waals surface area contributed by atoms with Crippen LogP contribution < -0.4 is 5.32 Å². The van der Waals surface area contributed by atoms with Gasteiger partial charge < -0.3 is 5.32 Å². The molecule has 5 rings (SSSR count). The topological polar surface area (TPSA) is 85.3 Å². The van der Waals surface area contributed by atoms with E-state index in [1.807, 2.05) is 53.0 Å². The molecule has 8 heteroatoms. The Morgan fingerprint density at radius 2 is 1.81 bits per heavy atom. The van der Waals surface area contributed by atoms with Gasteiger partial charge in [-0.3, -0.25) is 0 Å². The predicted molar refractivity (Wildman–Crippen MR) is 96.5 cm³/mol. The molecule has 126 valence electrons. The van der Waals surface area contributed by atoms with Gasteiger partial charge in [-0.15, -0.1) is 0 Å². The van der Waals surface area contributed by atoms with Crippen LogP contribution in [0.4, 0.5) is 5.82 Å². The van der Waals surface area contributed by atoms with Gasteiger partial charge in [0.2, 0.25) is 0 Å². The Kier molecular flexibility index (Phi) is 3.31. The third-order valence-corrected chi connectivity index (χ3v) is 4.14. The minimum atomic E-state index is 0.549. The number of aromatic nitrogens is 7. The normalized spacial score (nSPS) is 11.2. The number of nitrogens with one attached hydrogen (secondary N) is 1. The molecule has 1 aromatic carbocycles. The first kappa shape index (κ1) is 14.5. The fourth-order valence-electron chi connectivity index (χ4n) is 2.90. The number of rotatable bonds is 4. The molecule has 0 saturated heterocycles. The molecule has 0 atom stereocenters. The Bertz CT molecular complexity index is 1190. The summed E-state index contributed by atoms with van der Waals surface area (Å²) in [4.78, 5) is 13.1. The first-order chi connectivity index (χ1) is 12.9. The zero-order chi connectivity index (χ0) is 17.3. The van der Waals surface area contributed by atoms with Gasteiger partial charge in [0.1, 0.15) is 12.1 Å². The fraction of sp³-hybridized carbons (Fsp3) is 0.0556. The molecule has 0 spiro atoms. The second kappa shape index (κ2) is 5.92. The zero-order valence-electron chi connectivity index (χ0n) is 13.7. The van der Waals surface area contributed by atoms with Crippen LogP contribution >= 0.6 is 0 Å². The lowest BCUT2D eigenvalue weighted by molar-refractivity contribution is 0.842. The van der Waals surface area contributed by atoms with Crippen molar-refractivity contribution in [1.82, 2.24) is 34.2 Å². The van der Waals surface area contributed by atoms with Gasteiger partial charge in [-0.2, -0.15) is 19.7 Å². The van der Waals surface area contributed by atoms with Crippen molar-refractivity contribution in [2.45, 2.75) is 6.54 Å². The molecule has 0 fully saturated rings. The van der Waals surface area contributed by atoms with E-state index in [0.29, 0.717) is 12.3 Å². The van der Waals surface area contributed by atoms with Gasteiger partial charge in [0.05, 0.1) is 24.1 Å². The van der Waals surface area contributed by atoms with Crippen LogP contribution in [0.5, 0.6) is 0 Å². The van der Waals surface area contributed by atoms with Gasteiger partial charge in [0, 0.05) is 23.9 Å². The number of benzene rings is 1. The summed E-state index contributed by atoms with van der Waals surface area (Å²) < 4.78 is 3.50. The van der Waals surface area contributed by atoms with Crippen molar-refractivity contribution in [3.8, 4) is 11.3 Å². The standard InChI is InChI=1S/C18H14N8/c1-2-4-13(5-3-1)15-10-17(26-18(24-15)21-12-23-26)20-11-14-6-8-19-16-7-9-22-25(14)16/h1-10,12,20H,11H2. The SMILES string of the molecule is c1ccc(-c2cc(NCc3ccnc4ccnn34)n3ncnc3n2)cc1. The van der Waals surface area contributed by atoms with Crippen molar-refractivity contribution in [2.24, 2.45) is 0 Å². The molecule has 4 aromatic heterocycles. The molecule has 0 aliphatic heterocycles. The maximum atomic E-state index is 4.58. The molecule has 0 saturated carbocycles. The van der Waals surface area contributed by atoms with Gasteiger partial charge in [-0.1, -0.05) is 30.3 Å². The van der Waals surface area contributed by atoms with Crippen molar-refractivity contribution in [3.63, 3.8) is 0 Å². The molecule has 0 aliphatic rings. The predicted octanol–water partition coefficient (Wildman–Crippen LogP) is 2.45.